The number of aryl methyl sites for hydroxylation is 1. The molecule has 2 rings (SSSR count). The van der Waals surface area contributed by atoms with E-state index in [1.165, 1.54) is 11.1 Å². The van der Waals surface area contributed by atoms with Crippen LogP contribution in [0.15, 0.2) is 12.1 Å². The molecule has 0 aromatic heterocycles. The van der Waals surface area contributed by atoms with Crippen LogP contribution < -0.4 is 9.47 Å². The number of methoxy groups -OCH3 is 2. The number of benzene rings is 1. The molecule has 0 N–H and O–H groups in total. The van der Waals surface area contributed by atoms with E-state index in [-0.39, 0.29) is 6.10 Å². The third-order valence-corrected chi connectivity index (χ3v) is 3.63. The monoisotopic (exact) mass is 300 g/mol. The second kappa shape index (κ2) is 5.74. The molecular formula is C13H17BrO3. The Bertz CT molecular complexity index is 392. The zero-order valence-corrected chi connectivity index (χ0v) is 11.7. The number of halogens is 1. The molecule has 0 aliphatic carbocycles. The Hall–Kier alpha value is -0.740. The largest absolute Gasteiger partial charge is 0.493 e. The number of hydrogen-bond donors (Lipinski definition) is 0. The zero-order valence-electron chi connectivity index (χ0n) is 10.2. The van der Waals surface area contributed by atoms with Gasteiger partial charge >= 0.3 is 0 Å². The number of fused-ring (bicyclic) bond motifs is 1. The van der Waals surface area contributed by atoms with Gasteiger partial charge in [-0.15, -0.1) is 0 Å². The van der Waals surface area contributed by atoms with Crippen LogP contribution in [-0.2, 0) is 11.2 Å². The Balaban J connectivity index is 2.47. The Morgan fingerprint density at radius 3 is 2.65 bits per heavy atom. The highest BCUT2D eigenvalue weighted by Gasteiger charge is 2.21. The molecule has 0 saturated carbocycles. The lowest BCUT2D eigenvalue weighted by molar-refractivity contribution is 0.0738. The lowest BCUT2D eigenvalue weighted by atomic mass is 9.99. The van der Waals surface area contributed by atoms with Crippen LogP contribution in [-0.4, -0.2) is 26.2 Å². The van der Waals surface area contributed by atoms with Gasteiger partial charge in [-0.1, -0.05) is 15.9 Å². The van der Waals surface area contributed by atoms with Crippen LogP contribution in [0, 0.1) is 0 Å². The fourth-order valence-electron chi connectivity index (χ4n) is 2.16. The fraction of sp³-hybridized carbons (Fsp3) is 0.538. The van der Waals surface area contributed by atoms with Crippen molar-refractivity contribution in [1.29, 1.82) is 0 Å². The maximum Gasteiger partial charge on any atom is 0.161 e. The van der Waals surface area contributed by atoms with Gasteiger partial charge < -0.3 is 14.2 Å². The van der Waals surface area contributed by atoms with Crippen molar-refractivity contribution in [3.63, 3.8) is 0 Å². The highest BCUT2D eigenvalue weighted by atomic mass is 79.9. The van der Waals surface area contributed by atoms with Crippen molar-refractivity contribution in [2.75, 3.05) is 26.2 Å². The van der Waals surface area contributed by atoms with Crippen LogP contribution in [0.2, 0.25) is 0 Å². The van der Waals surface area contributed by atoms with Crippen molar-refractivity contribution >= 4 is 15.9 Å². The molecule has 4 heteroatoms. The van der Waals surface area contributed by atoms with Crippen molar-refractivity contribution < 1.29 is 14.2 Å². The third-order valence-electron chi connectivity index (χ3n) is 3.04. The SMILES string of the molecule is COc1cc2c(cc1OC)[C@H](CBr)OCCC2. The predicted octanol–water partition coefficient (Wildman–Crippen LogP) is 3.10. The minimum absolute atomic E-state index is 0.104. The molecule has 1 atom stereocenters. The Morgan fingerprint density at radius 1 is 1.29 bits per heavy atom. The standard InChI is InChI=1S/C13H17BrO3/c1-15-11-6-9-4-3-5-17-13(8-14)10(9)7-12(11)16-2/h6-7,13H,3-5,8H2,1-2H3/t13-/m0/s1. The van der Waals surface area contributed by atoms with Crippen molar-refractivity contribution in [2.24, 2.45) is 0 Å². The second-order valence-electron chi connectivity index (χ2n) is 4.02. The zero-order chi connectivity index (χ0) is 12.3. The summed E-state index contributed by atoms with van der Waals surface area (Å²) in [4.78, 5) is 0. The molecule has 0 saturated heterocycles. The highest BCUT2D eigenvalue weighted by Crippen LogP contribution is 2.36. The molecule has 0 amide bonds. The van der Waals surface area contributed by atoms with Gasteiger partial charge in [0.05, 0.1) is 20.3 Å². The summed E-state index contributed by atoms with van der Waals surface area (Å²) in [6.45, 7) is 0.801. The molecule has 1 aromatic carbocycles. The topological polar surface area (TPSA) is 27.7 Å². The lowest BCUT2D eigenvalue weighted by Crippen LogP contribution is -2.06. The predicted molar refractivity (Wildman–Crippen MR) is 70.4 cm³/mol. The first kappa shape index (κ1) is 12.7. The van der Waals surface area contributed by atoms with E-state index >= 15 is 0 Å². The van der Waals surface area contributed by atoms with Gasteiger partial charge in [0.25, 0.3) is 0 Å². The van der Waals surface area contributed by atoms with Crippen LogP contribution in [0.5, 0.6) is 11.5 Å². The number of ether oxygens (including phenoxy) is 3. The van der Waals surface area contributed by atoms with Crippen LogP contribution in [0.1, 0.15) is 23.7 Å². The summed E-state index contributed by atoms with van der Waals surface area (Å²) in [5.41, 5.74) is 2.50. The van der Waals surface area contributed by atoms with Crippen molar-refractivity contribution in [3.05, 3.63) is 23.3 Å². The average Bonchev–Trinajstić information content (AvgIpc) is 2.58. The molecule has 3 nitrogen and oxygen atoms in total. The van der Waals surface area contributed by atoms with E-state index in [9.17, 15) is 0 Å². The van der Waals surface area contributed by atoms with Gasteiger partial charge in [0.15, 0.2) is 11.5 Å². The van der Waals surface area contributed by atoms with Gasteiger partial charge in [-0.25, -0.2) is 0 Å². The maximum absolute atomic E-state index is 5.81. The summed E-state index contributed by atoms with van der Waals surface area (Å²) in [6, 6.07) is 4.10. The fourth-order valence-corrected chi connectivity index (χ4v) is 2.69. The normalized spacial score (nSPS) is 19.4. The summed E-state index contributed by atoms with van der Waals surface area (Å²) in [6.07, 6.45) is 2.18. The van der Waals surface area contributed by atoms with Crippen LogP contribution in [0.3, 0.4) is 0 Å². The molecule has 1 aliphatic heterocycles. The molecule has 94 valence electrons. The molecule has 1 aromatic rings. The van der Waals surface area contributed by atoms with E-state index in [0.29, 0.717) is 0 Å². The highest BCUT2D eigenvalue weighted by molar-refractivity contribution is 9.09. The van der Waals surface area contributed by atoms with E-state index in [0.717, 1.165) is 36.3 Å². The van der Waals surface area contributed by atoms with Crippen LogP contribution in [0.4, 0.5) is 0 Å². The van der Waals surface area contributed by atoms with Crippen molar-refractivity contribution in [3.8, 4) is 11.5 Å². The molecule has 1 aliphatic rings. The summed E-state index contributed by atoms with van der Waals surface area (Å²) in [5, 5.41) is 0.801. The van der Waals surface area contributed by atoms with E-state index < -0.39 is 0 Å². The molecule has 0 unspecified atom stereocenters. The number of rotatable bonds is 3. The maximum atomic E-state index is 5.81. The lowest BCUT2D eigenvalue weighted by Gasteiger charge is -2.18. The van der Waals surface area contributed by atoms with Gasteiger partial charge in [0.1, 0.15) is 0 Å². The first-order valence-corrected chi connectivity index (χ1v) is 6.84. The average molecular weight is 301 g/mol. The summed E-state index contributed by atoms with van der Waals surface area (Å²) >= 11 is 3.50. The van der Waals surface area contributed by atoms with Gasteiger partial charge in [0.2, 0.25) is 0 Å². The molecule has 0 radical (unpaired) electrons. The van der Waals surface area contributed by atoms with Crippen molar-refractivity contribution in [1.82, 2.24) is 0 Å². The minimum atomic E-state index is 0.104. The summed E-state index contributed by atoms with van der Waals surface area (Å²) in [5.74, 6) is 1.56. The van der Waals surface area contributed by atoms with Gasteiger partial charge in [-0.3, -0.25) is 0 Å². The van der Waals surface area contributed by atoms with E-state index in [4.69, 9.17) is 14.2 Å². The first-order valence-electron chi connectivity index (χ1n) is 5.72. The van der Waals surface area contributed by atoms with Crippen LogP contribution >= 0.6 is 15.9 Å². The Kier molecular flexibility index (Phi) is 4.29. The molecule has 0 bridgehead atoms. The molecule has 1 heterocycles. The van der Waals surface area contributed by atoms with Crippen LogP contribution in [0.25, 0.3) is 0 Å². The molecule has 0 spiro atoms. The van der Waals surface area contributed by atoms with Gasteiger partial charge in [-0.2, -0.15) is 0 Å². The molecular weight excluding hydrogens is 284 g/mol. The van der Waals surface area contributed by atoms with E-state index in [1.54, 1.807) is 14.2 Å². The quantitative estimate of drug-likeness (QED) is 0.803. The van der Waals surface area contributed by atoms with Crippen molar-refractivity contribution in [2.45, 2.75) is 18.9 Å². The smallest absolute Gasteiger partial charge is 0.161 e. The second-order valence-corrected chi connectivity index (χ2v) is 4.67. The first-order chi connectivity index (χ1) is 8.30. The third kappa shape index (κ3) is 2.58. The Labute approximate surface area is 110 Å². The molecule has 0 fully saturated rings. The summed E-state index contributed by atoms with van der Waals surface area (Å²) < 4.78 is 16.5. The minimum Gasteiger partial charge on any atom is -0.493 e. The van der Waals surface area contributed by atoms with E-state index in [2.05, 4.69) is 22.0 Å². The Morgan fingerprint density at radius 2 is 2.00 bits per heavy atom. The number of hydrogen-bond acceptors (Lipinski definition) is 3. The number of alkyl halides is 1. The summed E-state index contributed by atoms with van der Waals surface area (Å²) in [7, 11) is 3.32. The molecule has 17 heavy (non-hydrogen) atoms. The van der Waals surface area contributed by atoms with Gasteiger partial charge in [0, 0.05) is 11.9 Å². The van der Waals surface area contributed by atoms with Gasteiger partial charge in [-0.05, 0) is 36.1 Å². The van der Waals surface area contributed by atoms with E-state index in [1.807, 2.05) is 6.07 Å².